The average molecular weight is 224 g/mol. The van der Waals surface area contributed by atoms with Gasteiger partial charge in [0.1, 0.15) is 5.75 Å². The number of hydrogen-bond donors (Lipinski definition) is 0. The molecule has 0 aliphatic rings. The van der Waals surface area contributed by atoms with E-state index in [2.05, 4.69) is 43.0 Å². The van der Waals surface area contributed by atoms with Gasteiger partial charge in [-0.15, -0.1) is 6.58 Å². The maximum atomic E-state index is 5.16. The van der Waals surface area contributed by atoms with Gasteiger partial charge in [-0.2, -0.15) is 0 Å². The molecule has 0 fully saturated rings. The van der Waals surface area contributed by atoms with Crippen molar-refractivity contribution in [3.63, 3.8) is 0 Å². The summed E-state index contributed by atoms with van der Waals surface area (Å²) in [6, 6.07) is 18.5. The monoisotopic (exact) mass is 224 g/mol. The highest BCUT2D eigenvalue weighted by Gasteiger charge is 2.09. The van der Waals surface area contributed by atoms with E-state index in [1.807, 2.05) is 24.3 Å². The molecule has 0 bridgehead atoms. The third-order valence-electron chi connectivity index (χ3n) is 2.87. The highest BCUT2D eigenvalue weighted by Crippen LogP contribution is 2.26. The Hall–Kier alpha value is -2.02. The molecule has 17 heavy (non-hydrogen) atoms. The van der Waals surface area contributed by atoms with Crippen LogP contribution in [0.3, 0.4) is 0 Å². The van der Waals surface area contributed by atoms with Gasteiger partial charge in [-0.05, 0) is 23.3 Å². The quantitative estimate of drug-likeness (QED) is 0.713. The molecule has 0 aliphatic carbocycles. The van der Waals surface area contributed by atoms with E-state index in [0.29, 0.717) is 0 Å². The van der Waals surface area contributed by atoms with Gasteiger partial charge < -0.3 is 4.74 Å². The van der Waals surface area contributed by atoms with Gasteiger partial charge in [-0.1, -0.05) is 48.5 Å². The van der Waals surface area contributed by atoms with E-state index < -0.39 is 0 Å². The second-order valence-electron chi connectivity index (χ2n) is 3.90. The summed E-state index contributed by atoms with van der Waals surface area (Å²) in [5.74, 6) is 1.12. The SMILES string of the molecule is C=C[C@H](c1ccccc1)c1ccc(OC)cc1. The number of benzene rings is 2. The first-order chi connectivity index (χ1) is 8.35. The normalized spacial score (nSPS) is 11.8. The van der Waals surface area contributed by atoms with E-state index in [1.54, 1.807) is 7.11 Å². The topological polar surface area (TPSA) is 9.23 Å². The molecule has 1 atom stereocenters. The summed E-state index contributed by atoms with van der Waals surface area (Å²) in [6.07, 6.45) is 1.97. The van der Waals surface area contributed by atoms with Gasteiger partial charge in [0.2, 0.25) is 0 Å². The molecule has 0 aliphatic heterocycles. The molecule has 0 amide bonds. The highest BCUT2D eigenvalue weighted by molar-refractivity contribution is 5.38. The summed E-state index contributed by atoms with van der Waals surface area (Å²) >= 11 is 0. The maximum absolute atomic E-state index is 5.16. The Morgan fingerprint density at radius 1 is 0.941 bits per heavy atom. The summed E-state index contributed by atoms with van der Waals surface area (Å²) < 4.78 is 5.16. The van der Waals surface area contributed by atoms with Crippen molar-refractivity contribution in [1.29, 1.82) is 0 Å². The smallest absolute Gasteiger partial charge is 0.118 e. The molecule has 0 aromatic heterocycles. The van der Waals surface area contributed by atoms with Crippen LogP contribution in [0, 0.1) is 0 Å². The van der Waals surface area contributed by atoms with Crippen molar-refractivity contribution < 1.29 is 4.74 Å². The van der Waals surface area contributed by atoms with Crippen LogP contribution in [0.25, 0.3) is 0 Å². The van der Waals surface area contributed by atoms with Crippen LogP contribution in [-0.2, 0) is 0 Å². The molecule has 1 nitrogen and oxygen atoms in total. The van der Waals surface area contributed by atoms with Gasteiger partial charge in [0.15, 0.2) is 0 Å². The van der Waals surface area contributed by atoms with Gasteiger partial charge in [0, 0.05) is 5.92 Å². The van der Waals surface area contributed by atoms with Crippen molar-refractivity contribution in [2.24, 2.45) is 0 Å². The molecule has 2 rings (SSSR count). The first-order valence-electron chi connectivity index (χ1n) is 5.66. The Morgan fingerprint density at radius 2 is 1.53 bits per heavy atom. The zero-order valence-electron chi connectivity index (χ0n) is 9.97. The fourth-order valence-corrected chi connectivity index (χ4v) is 1.94. The van der Waals surface area contributed by atoms with Crippen molar-refractivity contribution in [1.82, 2.24) is 0 Å². The Kier molecular flexibility index (Phi) is 3.61. The molecule has 1 heteroatoms. The van der Waals surface area contributed by atoms with Crippen LogP contribution in [0.4, 0.5) is 0 Å². The van der Waals surface area contributed by atoms with Gasteiger partial charge in [-0.3, -0.25) is 0 Å². The molecule has 0 unspecified atom stereocenters. The molecule has 0 saturated heterocycles. The summed E-state index contributed by atoms with van der Waals surface area (Å²) in [7, 11) is 1.68. The minimum Gasteiger partial charge on any atom is -0.497 e. The average Bonchev–Trinajstić information content (AvgIpc) is 2.42. The summed E-state index contributed by atoms with van der Waals surface area (Å²) in [5, 5.41) is 0. The van der Waals surface area contributed by atoms with E-state index >= 15 is 0 Å². The van der Waals surface area contributed by atoms with Crippen LogP contribution in [0.1, 0.15) is 17.0 Å². The standard InChI is InChI=1S/C16H16O/c1-3-16(13-7-5-4-6-8-13)14-9-11-15(17-2)12-10-14/h3-12,16H,1H2,2H3/t16-/m1/s1. The molecule has 2 aromatic carbocycles. The lowest BCUT2D eigenvalue weighted by Gasteiger charge is -2.13. The van der Waals surface area contributed by atoms with E-state index in [1.165, 1.54) is 11.1 Å². The van der Waals surface area contributed by atoms with Crippen LogP contribution in [0.2, 0.25) is 0 Å². The Balaban J connectivity index is 2.32. The van der Waals surface area contributed by atoms with Gasteiger partial charge in [0.25, 0.3) is 0 Å². The van der Waals surface area contributed by atoms with E-state index in [0.717, 1.165) is 5.75 Å². The largest absolute Gasteiger partial charge is 0.497 e. The molecule has 0 spiro atoms. The third kappa shape index (κ3) is 2.56. The van der Waals surface area contributed by atoms with Crippen molar-refractivity contribution in [2.45, 2.75) is 5.92 Å². The van der Waals surface area contributed by atoms with Crippen LogP contribution in [0.5, 0.6) is 5.75 Å². The fourth-order valence-electron chi connectivity index (χ4n) is 1.94. The fraction of sp³-hybridized carbons (Fsp3) is 0.125. The van der Waals surface area contributed by atoms with E-state index in [9.17, 15) is 0 Å². The number of allylic oxidation sites excluding steroid dienone is 1. The first kappa shape index (κ1) is 11.5. The van der Waals surface area contributed by atoms with Gasteiger partial charge in [-0.25, -0.2) is 0 Å². The number of rotatable bonds is 4. The lowest BCUT2D eigenvalue weighted by atomic mass is 9.91. The second kappa shape index (κ2) is 5.35. The molecule has 0 heterocycles. The zero-order valence-corrected chi connectivity index (χ0v) is 9.97. The number of hydrogen-bond acceptors (Lipinski definition) is 1. The lowest BCUT2D eigenvalue weighted by Crippen LogP contribution is -1.97. The van der Waals surface area contributed by atoms with E-state index in [-0.39, 0.29) is 5.92 Å². The highest BCUT2D eigenvalue weighted by atomic mass is 16.5. The zero-order chi connectivity index (χ0) is 12.1. The number of ether oxygens (including phenoxy) is 1. The van der Waals surface area contributed by atoms with Crippen LogP contribution in [-0.4, -0.2) is 7.11 Å². The Morgan fingerprint density at radius 3 is 2.06 bits per heavy atom. The third-order valence-corrected chi connectivity index (χ3v) is 2.87. The molecule has 0 radical (unpaired) electrons. The predicted molar refractivity (Wildman–Crippen MR) is 71.5 cm³/mol. The van der Waals surface area contributed by atoms with Crippen LogP contribution in [0.15, 0.2) is 67.3 Å². The molecule has 0 N–H and O–H groups in total. The molecule has 2 aromatic rings. The Labute approximate surface area is 102 Å². The molecule has 0 saturated carbocycles. The minimum atomic E-state index is 0.238. The summed E-state index contributed by atoms with van der Waals surface area (Å²) in [6.45, 7) is 3.93. The number of methoxy groups -OCH3 is 1. The first-order valence-corrected chi connectivity index (χ1v) is 5.66. The molecular formula is C16H16O. The van der Waals surface area contributed by atoms with Gasteiger partial charge >= 0.3 is 0 Å². The summed E-state index contributed by atoms with van der Waals surface area (Å²) in [5.41, 5.74) is 2.49. The van der Waals surface area contributed by atoms with Crippen LogP contribution >= 0.6 is 0 Å². The van der Waals surface area contributed by atoms with Gasteiger partial charge in [0.05, 0.1) is 7.11 Å². The minimum absolute atomic E-state index is 0.238. The molecule has 86 valence electrons. The lowest BCUT2D eigenvalue weighted by molar-refractivity contribution is 0.414. The molecular weight excluding hydrogens is 208 g/mol. The van der Waals surface area contributed by atoms with Crippen LogP contribution < -0.4 is 4.74 Å². The predicted octanol–water partition coefficient (Wildman–Crippen LogP) is 4.01. The van der Waals surface area contributed by atoms with Crippen molar-refractivity contribution in [3.05, 3.63) is 78.4 Å². The second-order valence-corrected chi connectivity index (χ2v) is 3.90. The Bertz CT molecular complexity index is 471. The van der Waals surface area contributed by atoms with E-state index in [4.69, 9.17) is 4.74 Å². The van der Waals surface area contributed by atoms with Crippen molar-refractivity contribution in [3.8, 4) is 5.75 Å². The van der Waals surface area contributed by atoms with Crippen molar-refractivity contribution in [2.75, 3.05) is 7.11 Å². The summed E-state index contributed by atoms with van der Waals surface area (Å²) in [4.78, 5) is 0. The van der Waals surface area contributed by atoms with Crippen molar-refractivity contribution >= 4 is 0 Å². The maximum Gasteiger partial charge on any atom is 0.118 e.